The van der Waals surface area contributed by atoms with E-state index in [0.29, 0.717) is 19.8 Å². The summed E-state index contributed by atoms with van der Waals surface area (Å²) in [5.41, 5.74) is -0.528. The van der Waals surface area contributed by atoms with Crippen LogP contribution in [0.15, 0.2) is 0 Å². The summed E-state index contributed by atoms with van der Waals surface area (Å²) < 4.78 is 18.0. The first-order chi connectivity index (χ1) is 25.6. The number of ether oxygens (including phenoxy) is 3. The number of alkyl carbamates (subject to hydrolysis) is 1. The van der Waals surface area contributed by atoms with E-state index in [1.807, 2.05) is 0 Å². The van der Waals surface area contributed by atoms with Gasteiger partial charge in [0.2, 0.25) is 0 Å². The van der Waals surface area contributed by atoms with Crippen LogP contribution in [0.1, 0.15) is 267 Å². The quantitative estimate of drug-likeness (QED) is 0.0632. The topological polar surface area (TPSA) is 56.8 Å². The molecule has 0 aromatic carbocycles. The van der Waals surface area contributed by atoms with Crippen molar-refractivity contribution in [3.63, 3.8) is 0 Å². The summed E-state index contributed by atoms with van der Waals surface area (Å²) in [4.78, 5) is 12.8. The van der Waals surface area contributed by atoms with E-state index in [-0.39, 0.29) is 23.4 Å². The van der Waals surface area contributed by atoms with Crippen molar-refractivity contribution < 1.29 is 19.0 Å². The van der Waals surface area contributed by atoms with Crippen molar-refractivity contribution in [1.29, 1.82) is 0 Å². The largest absolute Gasteiger partial charge is 0.446 e. The minimum atomic E-state index is -0.348. The van der Waals surface area contributed by atoms with Gasteiger partial charge in [-0.3, -0.25) is 0 Å². The number of carbonyl (C=O) groups is 1. The third kappa shape index (κ3) is 42.2. The van der Waals surface area contributed by atoms with Crippen LogP contribution in [0, 0.1) is 0 Å². The SMILES string of the molecule is CCCCCCCCCCCCCCCCCCC(CCCCCCCCCCCCCCCCC)OC(=O)NCCCOC(C)(C)COC(C)(C)C. The van der Waals surface area contributed by atoms with Crippen molar-refractivity contribution >= 4 is 6.09 Å². The lowest BCUT2D eigenvalue weighted by molar-refractivity contribution is -0.114. The fourth-order valence-corrected chi connectivity index (χ4v) is 7.16. The highest BCUT2D eigenvalue weighted by Gasteiger charge is 2.22. The number of unbranched alkanes of at least 4 members (excludes halogenated alkanes) is 29. The molecule has 1 amide bonds. The van der Waals surface area contributed by atoms with E-state index in [0.717, 1.165) is 32.1 Å². The van der Waals surface area contributed by atoms with Gasteiger partial charge in [0.25, 0.3) is 0 Å². The van der Waals surface area contributed by atoms with Crippen molar-refractivity contribution in [2.24, 2.45) is 0 Å². The fourth-order valence-electron chi connectivity index (χ4n) is 7.16. The fraction of sp³-hybridized carbons (Fsp3) is 0.979. The van der Waals surface area contributed by atoms with Crippen molar-refractivity contribution in [3.8, 4) is 0 Å². The van der Waals surface area contributed by atoms with Crippen molar-refractivity contribution in [2.75, 3.05) is 19.8 Å². The van der Waals surface area contributed by atoms with E-state index in [1.54, 1.807) is 0 Å². The van der Waals surface area contributed by atoms with Gasteiger partial charge < -0.3 is 19.5 Å². The number of rotatable bonds is 41. The highest BCUT2D eigenvalue weighted by molar-refractivity contribution is 5.67. The molecule has 0 heterocycles. The van der Waals surface area contributed by atoms with E-state index in [2.05, 4.69) is 53.8 Å². The van der Waals surface area contributed by atoms with Gasteiger partial charge in [0.1, 0.15) is 6.10 Å². The van der Waals surface area contributed by atoms with Crippen molar-refractivity contribution in [2.45, 2.75) is 284 Å². The van der Waals surface area contributed by atoms with E-state index in [1.165, 1.54) is 186 Å². The molecule has 53 heavy (non-hydrogen) atoms. The van der Waals surface area contributed by atoms with Crippen LogP contribution in [0.5, 0.6) is 0 Å². The van der Waals surface area contributed by atoms with Crippen molar-refractivity contribution in [3.05, 3.63) is 0 Å². The number of nitrogens with one attached hydrogen (secondary N) is 1. The normalized spacial score (nSPS) is 12.7. The van der Waals surface area contributed by atoms with Crippen LogP contribution in [0.4, 0.5) is 4.79 Å². The van der Waals surface area contributed by atoms with E-state index < -0.39 is 0 Å². The summed E-state index contributed by atoms with van der Waals surface area (Å²) in [5.74, 6) is 0. The Morgan fingerprint density at radius 1 is 0.453 bits per heavy atom. The molecule has 1 atom stereocenters. The predicted octanol–water partition coefficient (Wildman–Crippen LogP) is 16.0. The van der Waals surface area contributed by atoms with Gasteiger partial charge in [-0.2, -0.15) is 0 Å². The van der Waals surface area contributed by atoms with Gasteiger partial charge >= 0.3 is 6.09 Å². The zero-order chi connectivity index (χ0) is 39.1. The van der Waals surface area contributed by atoms with Gasteiger partial charge in [-0.25, -0.2) is 4.79 Å². The smallest absolute Gasteiger partial charge is 0.407 e. The van der Waals surface area contributed by atoms with Crippen LogP contribution in [-0.4, -0.2) is 43.2 Å². The Morgan fingerprint density at radius 2 is 0.774 bits per heavy atom. The number of hydrogen-bond acceptors (Lipinski definition) is 4. The molecule has 1 unspecified atom stereocenters. The molecule has 0 aliphatic rings. The Morgan fingerprint density at radius 3 is 1.09 bits per heavy atom. The molecule has 0 rings (SSSR count). The molecule has 5 nitrogen and oxygen atoms in total. The second kappa shape index (κ2) is 38.1. The first-order valence-corrected chi connectivity index (χ1v) is 23.8. The molecule has 5 heteroatoms. The van der Waals surface area contributed by atoms with E-state index >= 15 is 0 Å². The molecule has 0 aromatic rings. The lowest BCUT2D eigenvalue weighted by Crippen LogP contribution is -2.36. The van der Waals surface area contributed by atoms with Crippen LogP contribution in [0.3, 0.4) is 0 Å². The zero-order valence-electron chi connectivity index (χ0n) is 37.4. The van der Waals surface area contributed by atoms with Crippen molar-refractivity contribution in [1.82, 2.24) is 5.32 Å². The lowest BCUT2D eigenvalue weighted by atomic mass is 10.0. The lowest BCUT2D eigenvalue weighted by Gasteiger charge is -2.30. The molecule has 318 valence electrons. The molecule has 0 spiro atoms. The maximum absolute atomic E-state index is 12.8. The Labute approximate surface area is 333 Å². The molecule has 0 aromatic heterocycles. The molecule has 0 saturated carbocycles. The Bertz CT molecular complexity index is 748. The molecule has 0 aliphatic carbocycles. The minimum absolute atomic E-state index is 0.0355. The van der Waals surface area contributed by atoms with Crippen LogP contribution in [0.2, 0.25) is 0 Å². The highest BCUT2D eigenvalue weighted by atomic mass is 16.6. The Hall–Kier alpha value is -0.810. The van der Waals surface area contributed by atoms with Gasteiger partial charge in [0, 0.05) is 13.2 Å². The maximum atomic E-state index is 12.8. The third-order valence-corrected chi connectivity index (χ3v) is 10.7. The average molecular weight is 752 g/mol. The van der Waals surface area contributed by atoms with Crippen LogP contribution in [-0.2, 0) is 14.2 Å². The van der Waals surface area contributed by atoms with Gasteiger partial charge in [-0.05, 0) is 66.7 Å². The molecular formula is C48H97NO4. The van der Waals surface area contributed by atoms with Gasteiger partial charge in [0.15, 0.2) is 0 Å². The third-order valence-electron chi connectivity index (χ3n) is 10.7. The zero-order valence-corrected chi connectivity index (χ0v) is 37.4. The Balaban J connectivity index is 4.21. The molecular weight excluding hydrogens is 655 g/mol. The first kappa shape index (κ1) is 52.2. The number of hydrogen-bond donors (Lipinski definition) is 1. The summed E-state index contributed by atoms with van der Waals surface area (Å²) in [7, 11) is 0. The molecule has 1 N–H and O–H groups in total. The highest BCUT2D eigenvalue weighted by Crippen LogP contribution is 2.20. The first-order valence-electron chi connectivity index (χ1n) is 23.8. The summed E-state index contributed by atoms with van der Waals surface area (Å²) in [6.45, 7) is 16.6. The van der Waals surface area contributed by atoms with Crippen LogP contribution >= 0.6 is 0 Å². The average Bonchev–Trinajstić information content (AvgIpc) is 3.11. The standard InChI is InChI=1S/C48H97NO4/c1-8-10-12-14-16-18-20-22-24-26-28-30-32-34-36-38-41-45(40-37-35-33-31-29-27-25-23-21-19-17-15-13-11-9-2)53-46(50)49-42-39-43-51-48(6,7)44-52-47(3,4)5/h45H,8-44H2,1-7H3,(H,49,50). The molecule has 0 saturated heterocycles. The molecule has 0 radical (unpaired) electrons. The van der Waals surface area contributed by atoms with Gasteiger partial charge in [0.05, 0.1) is 17.8 Å². The summed E-state index contributed by atoms with van der Waals surface area (Å²) in [6.07, 6.45) is 45.2. The predicted molar refractivity (Wildman–Crippen MR) is 232 cm³/mol. The van der Waals surface area contributed by atoms with Gasteiger partial charge in [-0.15, -0.1) is 0 Å². The second-order valence-corrected chi connectivity index (χ2v) is 18.1. The van der Waals surface area contributed by atoms with Gasteiger partial charge in [-0.1, -0.05) is 200 Å². The Kier molecular flexibility index (Phi) is 37.5. The number of amides is 1. The monoisotopic (exact) mass is 752 g/mol. The van der Waals surface area contributed by atoms with E-state index in [9.17, 15) is 4.79 Å². The summed E-state index contributed by atoms with van der Waals surface area (Å²) in [5, 5.41) is 2.99. The van der Waals surface area contributed by atoms with E-state index in [4.69, 9.17) is 14.2 Å². The summed E-state index contributed by atoms with van der Waals surface area (Å²) in [6, 6.07) is 0. The number of carbonyl (C=O) groups excluding carboxylic acids is 1. The minimum Gasteiger partial charge on any atom is -0.446 e. The maximum Gasteiger partial charge on any atom is 0.407 e. The summed E-state index contributed by atoms with van der Waals surface area (Å²) >= 11 is 0. The molecule has 0 fully saturated rings. The molecule has 0 bridgehead atoms. The van der Waals surface area contributed by atoms with Crippen LogP contribution in [0.25, 0.3) is 0 Å². The van der Waals surface area contributed by atoms with Crippen LogP contribution < -0.4 is 5.32 Å². The molecule has 0 aliphatic heterocycles. The second-order valence-electron chi connectivity index (χ2n) is 18.1.